The van der Waals surface area contributed by atoms with Crippen LogP contribution >= 0.6 is 0 Å². The van der Waals surface area contributed by atoms with Crippen molar-refractivity contribution in [2.45, 2.75) is 44.2 Å². The minimum Gasteiger partial charge on any atom is -0.490 e. The number of benzene rings is 3. The summed E-state index contributed by atoms with van der Waals surface area (Å²) in [6.45, 7) is 0. The molecule has 0 aliphatic heterocycles. The summed E-state index contributed by atoms with van der Waals surface area (Å²) in [5, 5.41) is 16.1. The molecule has 0 radical (unpaired) electrons. The van der Waals surface area contributed by atoms with E-state index < -0.39 is 5.97 Å². The van der Waals surface area contributed by atoms with E-state index in [9.17, 15) is 19.5 Å². The Balaban J connectivity index is 0.949. The van der Waals surface area contributed by atoms with Gasteiger partial charge in [-0.25, -0.2) is 9.78 Å². The highest BCUT2D eigenvalue weighted by Gasteiger charge is 2.24. The molecule has 0 saturated heterocycles. The molecule has 1 saturated carbocycles. The number of ether oxygens (including phenoxy) is 2. The maximum Gasteiger partial charge on any atom is 0.337 e. The highest BCUT2D eigenvalue weighted by Crippen LogP contribution is 2.28. The van der Waals surface area contributed by atoms with E-state index in [2.05, 4.69) is 20.6 Å². The van der Waals surface area contributed by atoms with Gasteiger partial charge in [-0.2, -0.15) is 0 Å². The Bertz CT molecular complexity index is 1810. The molecular formula is C35H32N4O6. The van der Waals surface area contributed by atoms with Gasteiger partial charge in [0.2, 0.25) is 11.8 Å². The van der Waals surface area contributed by atoms with Gasteiger partial charge in [-0.05, 0) is 85.8 Å². The molecule has 1 fully saturated rings. The van der Waals surface area contributed by atoms with Crippen LogP contribution in [0, 0.1) is 0 Å². The highest BCUT2D eigenvalue weighted by atomic mass is 16.5. The fraction of sp³-hybridized carbons (Fsp3) is 0.200. The molecule has 10 heteroatoms. The molecule has 2 amide bonds. The summed E-state index contributed by atoms with van der Waals surface area (Å²) >= 11 is 0. The predicted octanol–water partition coefficient (Wildman–Crippen LogP) is 6.35. The number of carboxylic acid groups (broad SMARTS) is 1. The molecule has 0 atom stereocenters. The van der Waals surface area contributed by atoms with E-state index in [0.717, 1.165) is 42.3 Å². The van der Waals surface area contributed by atoms with E-state index in [4.69, 9.17) is 9.47 Å². The first kappa shape index (κ1) is 29.4. The first-order valence-corrected chi connectivity index (χ1v) is 14.8. The second-order valence-electron chi connectivity index (χ2n) is 11.0. The number of aromatic nitrogens is 2. The zero-order valence-electron chi connectivity index (χ0n) is 24.4. The van der Waals surface area contributed by atoms with Gasteiger partial charge in [0.25, 0.3) is 5.91 Å². The van der Waals surface area contributed by atoms with Crippen molar-refractivity contribution >= 4 is 34.4 Å². The van der Waals surface area contributed by atoms with Crippen molar-refractivity contribution in [2.75, 3.05) is 5.32 Å². The SMILES string of the molecule is O=C(Cc1ccc(Oc2ccc(OC3CCC(NC(=O)c4cccc5[nH]ccc45)CC3)cc2)nc1)Nc1ccccc1C(=O)O. The van der Waals surface area contributed by atoms with Crippen LogP contribution < -0.4 is 20.1 Å². The van der Waals surface area contributed by atoms with Crippen molar-refractivity contribution < 1.29 is 29.0 Å². The van der Waals surface area contributed by atoms with Crippen LogP contribution in [0.2, 0.25) is 0 Å². The Kier molecular flexibility index (Phi) is 8.72. The van der Waals surface area contributed by atoms with Crippen LogP contribution in [0.5, 0.6) is 17.4 Å². The van der Waals surface area contributed by atoms with Crippen molar-refractivity contribution in [1.29, 1.82) is 0 Å². The zero-order chi connectivity index (χ0) is 31.2. The third kappa shape index (κ3) is 7.30. The molecule has 1 aliphatic carbocycles. The lowest BCUT2D eigenvalue weighted by Gasteiger charge is -2.29. The maximum atomic E-state index is 12.9. The van der Waals surface area contributed by atoms with E-state index in [0.29, 0.717) is 22.8 Å². The third-order valence-corrected chi connectivity index (χ3v) is 7.79. The molecule has 0 unspecified atom stereocenters. The van der Waals surface area contributed by atoms with Crippen LogP contribution in [0.3, 0.4) is 0 Å². The molecule has 45 heavy (non-hydrogen) atoms. The number of carbonyl (C=O) groups is 3. The lowest BCUT2D eigenvalue weighted by molar-refractivity contribution is -0.115. The number of amides is 2. The van der Waals surface area contributed by atoms with Crippen molar-refractivity contribution in [2.24, 2.45) is 0 Å². The predicted molar refractivity (Wildman–Crippen MR) is 169 cm³/mol. The number of hydrogen-bond acceptors (Lipinski definition) is 6. The van der Waals surface area contributed by atoms with Crippen molar-refractivity contribution in [3.05, 3.63) is 114 Å². The molecule has 2 heterocycles. The number of nitrogens with zero attached hydrogens (tertiary/aromatic N) is 1. The normalized spacial score (nSPS) is 16.1. The van der Waals surface area contributed by atoms with Crippen LogP contribution in [0.4, 0.5) is 5.69 Å². The minimum absolute atomic E-state index is 0.0275. The molecule has 10 nitrogen and oxygen atoms in total. The summed E-state index contributed by atoms with van der Waals surface area (Å²) in [5.41, 5.74) is 2.56. The number of anilines is 1. The third-order valence-electron chi connectivity index (χ3n) is 7.79. The number of carbonyl (C=O) groups excluding carboxylic acids is 2. The summed E-state index contributed by atoms with van der Waals surface area (Å²) in [6, 6.07) is 24.7. The van der Waals surface area contributed by atoms with Gasteiger partial charge in [-0.1, -0.05) is 24.3 Å². The van der Waals surface area contributed by atoms with E-state index in [1.54, 1.807) is 36.5 Å². The quantitative estimate of drug-likeness (QED) is 0.145. The first-order valence-electron chi connectivity index (χ1n) is 14.8. The number of carboxylic acids is 1. The Morgan fingerprint density at radius 3 is 2.36 bits per heavy atom. The van der Waals surface area contributed by atoms with Crippen LogP contribution in [0.1, 0.15) is 52.0 Å². The van der Waals surface area contributed by atoms with Gasteiger partial charge in [0.15, 0.2) is 0 Å². The standard InChI is InChI=1S/C35H32N4O6/c40-32(39-31-6-2-1-4-29(31)35(42)43)20-22-8-17-33(37-21-22)45-26-15-13-25(14-16-26)44-24-11-9-23(10-12-24)38-34(41)28-5-3-7-30-27(28)18-19-36-30/h1-8,13-19,21,23-24,36H,9-12,20H2,(H,38,41)(H,39,40)(H,42,43). The zero-order valence-corrected chi connectivity index (χ0v) is 24.4. The number of aromatic amines is 1. The fourth-order valence-electron chi connectivity index (χ4n) is 5.51. The highest BCUT2D eigenvalue weighted by molar-refractivity contribution is 6.06. The lowest BCUT2D eigenvalue weighted by Crippen LogP contribution is -2.39. The number of pyridine rings is 1. The second-order valence-corrected chi connectivity index (χ2v) is 11.0. The summed E-state index contributed by atoms with van der Waals surface area (Å²) < 4.78 is 12.1. The molecule has 228 valence electrons. The molecule has 4 N–H and O–H groups in total. The van der Waals surface area contributed by atoms with Gasteiger partial charge in [0.05, 0.1) is 23.8 Å². The number of hydrogen-bond donors (Lipinski definition) is 4. The van der Waals surface area contributed by atoms with Gasteiger partial charge < -0.3 is 30.2 Å². The average molecular weight is 605 g/mol. The maximum absolute atomic E-state index is 12.9. The number of fused-ring (bicyclic) bond motifs is 1. The topological polar surface area (TPSA) is 143 Å². The van der Waals surface area contributed by atoms with Gasteiger partial charge in [0.1, 0.15) is 11.5 Å². The van der Waals surface area contributed by atoms with E-state index in [-0.39, 0.29) is 41.6 Å². The van der Waals surface area contributed by atoms with Crippen LogP contribution in [-0.4, -0.2) is 45.0 Å². The first-order chi connectivity index (χ1) is 21.9. The minimum atomic E-state index is -1.11. The number of para-hydroxylation sites is 1. The summed E-state index contributed by atoms with van der Waals surface area (Å²) in [4.78, 5) is 44.2. The number of aromatic carboxylic acids is 1. The van der Waals surface area contributed by atoms with Gasteiger partial charge in [-0.15, -0.1) is 0 Å². The van der Waals surface area contributed by atoms with Gasteiger partial charge >= 0.3 is 5.97 Å². The summed E-state index contributed by atoms with van der Waals surface area (Å²) in [5.74, 6) is 0.202. The van der Waals surface area contributed by atoms with E-state index >= 15 is 0 Å². The van der Waals surface area contributed by atoms with Crippen LogP contribution in [0.25, 0.3) is 10.9 Å². The molecule has 6 rings (SSSR count). The lowest BCUT2D eigenvalue weighted by atomic mass is 9.92. The Hall–Kier alpha value is -5.64. The monoisotopic (exact) mass is 604 g/mol. The molecule has 2 aromatic heterocycles. The molecule has 3 aromatic carbocycles. The van der Waals surface area contributed by atoms with Crippen LogP contribution in [-0.2, 0) is 11.2 Å². The Morgan fingerprint density at radius 2 is 1.60 bits per heavy atom. The Morgan fingerprint density at radius 1 is 0.844 bits per heavy atom. The molecule has 0 bridgehead atoms. The molecular weight excluding hydrogens is 572 g/mol. The fourth-order valence-corrected chi connectivity index (χ4v) is 5.51. The summed E-state index contributed by atoms with van der Waals surface area (Å²) in [7, 11) is 0. The van der Waals surface area contributed by atoms with Gasteiger partial charge in [-0.3, -0.25) is 9.59 Å². The van der Waals surface area contributed by atoms with Crippen molar-refractivity contribution in [1.82, 2.24) is 15.3 Å². The van der Waals surface area contributed by atoms with Gasteiger partial charge in [0, 0.05) is 41.0 Å². The molecule has 1 aliphatic rings. The average Bonchev–Trinajstić information content (AvgIpc) is 3.53. The van der Waals surface area contributed by atoms with Crippen LogP contribution in [0.15, 0.2) is 97.3 Å². The molecule has 0 spiro atoms. The smallest absolute Gasteiger partial charge is 0.337 e. The second kappa shape index (κ2) is 13.3. The summed E-state index contributed by atoms with van der Waals surface area (Å²) in [6.07, 6.45) is 6.88. The molecule has 5 aromatic rings. The Labute approximate surface area is 259 Å². The largest absolute Gasteiger partial charge is 0.490 e. The van der Waals surface area contributed by atoms with E-state index in [1.807, 2.05) is 54.7 Å². The van der Waals surface area contributed by atoms with E-state index in [1.165, 1.54) is 6.07 Å². The number of nitrogens with one attached hydrogen (secondary N) is 3. The number of H-pyrrole nitrogens is 1. The van der Waals surface area contributed by atoms with Crippen molar-refractivity contribution in [3.63, 3.8) is 0 Å². The number of rotatable bonds is 10. The van der Waals surface area contributed by atoms with Crippen molar-refractivity contribution in [3.8, 4) is 17.4 Å².